The average molecular weight is 189 g/mol. The Balaban J connectivity index is 3.77. The van der Waals surface area contributed by atoms with Crippen LogP contribution >= 0.6 is 0 Å². The molecule has 0 amide bonds. The third-order valence-corrected chi connectivity index (χ3v) is 1.62. The maximum absolute atomic E-state index is 11.1. The van der Waals surface area contributed by atoms with Crippen LogP contribution in [0.25, 0.3) is 0 Å². The minimum absolute atomic E-state index is 0.134. The number of esters is 1. The van der Waals surface area contributed by atoms with Crippen LogP contribution in [0.15, 0.2) is 0 Å². The molecule has 0 aliphatic rings. The van der Waals surface area contributed by atoms with E-state index in [4.69, 9.17) is 15.6 Å². The van der Waals surface area contributed by atoms with Gasteiger partial charge in [-0.1, -0.05) is 13.8 Å². The second-order valence-corrected chi connectivity index (χ2v) is 3.67. The number of ether oxygens (including phenoxy) is 1. The van der Waals surface area contributed by atoms with E-state index in [-0.39, 0.29) is 12.7 Å². The van der Waals surface area contributed by atoms with Gasteiger partial charge in [-0.3, -0.25) is 4.79 Å². The summed E-state index contributed by atoms with van der Waals surface area (Å²) in [5.41, 5.74) is 5.27. The van der Waals surface area contributed by atoms with E-state index in [9.17, 15) is 4.79 Å². The summed E-state index contributed by atoms with van der Waals surface area (Å²) in [6.45, 7) is 5.56. The molecule has 4 heteroatoms. The molecule has 13 heavy (non-hydrogen) atoms. The van der Waals surface area contributed by atoms with Crippen molar-refractivity contribution in [2.75, 3.05) is 6.61 Å². The lowest BCUT2D eigenvalue weighted by atomic mass is 10.1. The maximum Gasteiger partial charge on any atom is 0.325 e. The number of nitrogens with two attached hydrogens (primary N) is 1. The molecule has 0 spiro atoms. The molecular formula is C9H19NO3. The molecule has 0 saturated carbocycles. The molecule has 78 valence electrons. The van der Waals surface area contributed by atoms with E-state index in [2.05, 4.69) is 13.8 Å². The van der Waals surface area contributed by atoms with Crippen LogP contribution in [0.4, 0.5) is 0 Å². The molecular weight excluding hydrogens is 170 g/mol. The molecule has 2 atom stereocenters. The van der Waals surface area contributed by atoms with Gasteiger partial charge in [0.2, 0.25) is 0 Å². The lowest BCUT2D eigenvalue weighted by Crippen LogP contribution is -2.37. The largest absolute Gasteiger partial charge is 0.461 e. The van der Waals surface area contributed by atoms with Gasteiger partial charge in [0.1, 0.15) is 6.04 Å². The average Bonchev–Trinajstić information content (AvgIpc) is 2.01. The van der Waals surface area contributed by atoms with E-state index >= 15 is 0 Å². The number of hydrogen-bond donors (Lipinski definition) is 2. The first-order valence-corrected chi connectivity index (χ1v) is 4.54. The second-order valence-electron chi connectivity index (χ2n) is 3.67. The Hall–Kier alpha value is -0.610. The molecule has 0 heterocycles. The van der Waals surface area contributed by atoms with Crippen molar-refractivity contribution < 1.29 is 14.6 Å². The number of aliphatic hydroxyl groups excluding tert-OH is 1. The zero-order valence-corrected chi connectivity index (χ0v) is 8.49. The fourth-order valence-electron chi connectivity index (χ4n) is 1.07. The first-order valence-electron chi connectivity index (χ1n) is 4.54. The van der Waals surface area contributed by atoms with Crippen molar-refractivity contribution >= 4 is 5.97 Å². The Morgan fingerprint density at radius 1 is 1.46 bits per heavy atom. The Bertz CT molecular complexity index is 159. The molecule has 0 aromatic carbocycles. The van der Waals surface area contributed by atoms with Gasteiger partial charge in [0.25, 0.3) is 0 Å². The standard InChI is InChI=1S/C9H19NO3/c1-6(2)4-7(3)13-9(12)8(10)5-11/h6-8,11H,4-5,10H2,1-3H3/t7?,8-/m1/s1. The lowest BCUT2D eigenvalue weighted by Gasteiger charge is -2.17. The summed E-state index contributed by atoms with van der Waals surface area (Å²) in [6.07, 6.45) is 0.675. The number of aliphatic hydroxyl groups is 1. The highest BCUT2D eigenvalue weighted by molar-refractivity contribution is 5.75. The predicted molar refractivity (Wildman–Crippen MR) is 50.1 cm³/mol. The minimum atomic E-state index is -0.908. The lowest BCUT2D eigenvalue weighted by molar-refractivity contribution is -0.151. The van der Waals surface area contributed by atoms with E-state index in [1.54, 1.807) is 0 Å². The van der Waals surface area contributed by atoms with Crippen LogP contribution in [-0.4, -0.2) is 29.8 Å². The summed E-state index contributed by atoms with van der Waals surface area (Å²) in [4.78, 5) is 11.1. The van der Waals surface area contributed by atoms with Gasteiger partial charge in [0.05, 0.1) is 12.7 Å². The SMILES string of the molecule is CC(C)CC(C)OC(=O)[C@H](N)CO. The van der Waals surface area contributed by atoms with E-state index in [0.717, 1.165) is 6.42 Å². The molecule has 4 nitrogen and oxygen atoms in total. The number of carbonyl (C=O) groups is 1. The Kier molecular flexibility index (Phi) is 5.66. The van der Waals surface area contributed by atoms with Gasteiger partial charge in [-0.25, -0.2) is 0 Å². The minimum Gasteiger partial charge on any atom is -0.461 e. The van der Waals surface area contributed by atoms with Crippen molar-refractivity contribution in [3.8, 4) is 0 Å². The van der Waals surface area contributed by atoms with Gasteiger partial charge in [0.15, 0.2) is 0 Å². The number of carbonyl (C=O) groups excluding carboxylic acids is 1. The zero-order valence-electron chi connectivity index (χ0n) is 8.49. The molecule has 0 aliphatic heterocycles. The van der Waals surface area contributed by atoms with Crippen LogP contribution in [0.1, 0.15) is 27.2 Å². The highest BCUT2D eigenvalue weighted by Gasteiger charge is 2.17. The Morgan fingerprint density at radius 3 is 2.38 bits per heavy atom. The Morgan fingerprint density at radius 2 is 2.00 bits per heavy atom. The van der Waals surface area contributed by atoms with Crippen molar-refractivity contribution in [2.24, 2.45) is 11.7 Å². The van der Waals surface area contributed by atoms with Gasteiger partial charge < -0.3 is 15.6 Å². The Labute approximate surface area is 79.1 Å². The maximum atomic E-state index is 11.1. The first kappa shape index (κ1) is 12.4. The first-order chi connectivity index (χ1) is 5.97. The van der Waals surface area contributed by atoms with E-state index in [1.165, 1.54) is 0 Å². The highest BCUT2D eigenvalue weighted by atomic mass is 16.5. The molecule has 0 aromatic heterocycles. The van der Waals surface area contributed by atoms with E-state index in [1.807, 2.05) is 6.92 Å². The van der Waals surface area contributed by atoms with E-state index < -0.39 is 12.0 Å². The molecule has 0 radical (unpaired) electrons. The number of rotatable bonds is 5. The summed E-state index contributed by atoms with van der Waals surface area (Å²) >= 11 is 0. The number of hydrogen-bond acceptors (Lipinski definition) is 4. The molecule has 1 unspecified atom stereocenters. The van der Waals surface area contributed by atoms with Crippen molar-refractivity contribution in [1.29, 1.82) is 0 Å². The van der Waals surface area contributed by atoms with Crippen molar-refractivity contribution in [1.82, 2.24) is 0 Å². The summed E-state index contributed by atoms with van der Waals surface area (Å²) in [5, 5.41) is 8.57. The molecule has 0 saturated heterocycles. The normalized spacial score (nSPS) is 15.5. The molecule has 0 bridgehead atoms. The monoisotopic (exact) mass is 189 g/mol. The summed E-state index contributed by atoms with van der Waals surface area (Å²) in [5.74, 6) is -0.0520. The van der Waals surface area contributed by atoms with Crippen molar-refractivity contribution in [3.05, 3.63) is 0 Å². The zero-order chi connectivity index (χ0) is 10.4. The summed E-state index contributed by atoms with van der Waals surface area (Å²) in [6, 6.07) is -0.908. The molecule has 0 fully saturated rings. The van der Waals surface area contributed by atoms with E-state index in [0.29, 0.717) is 5.92 Å². The van der Waals surface area contributed by atoms with Gasteiger partial charge in [0, 0.05) is 0 Å². The molecule has 0 aromatic rings. The van der Waals surface area contributed by atoms with Crippen LogP contribution in [0.5, 0.6) is 0 Å². The molecule has 3 N–H and O–H groups in total. The topological polar surface area (TPSA) is 72.5 Å². The van der Waals surface area contributed by atoms with Gasteiger partial charge in [-0.05, 0) is 19.3 Å². The van der Waals surface area contributed by atoms with Gasteiger partial charge >= 0.3 is 5.97 Å². The predicted octanol–water partition coefficient (Wildman–Crippen LogP) is 0.284. The smallest absolute Gasteiger partial charge is 0.325 e. The van der Waals surface area contributed by atoms with Crippen LogP contribution < -0.4 is 5.73 Å². The summed E-state index contributed by atoms with van der Waals surface area (Å²) < 4.78 is 4.99. The van der Waals surface area contributed by atoms with Crippen LogP contribution in [0, 0.1) is 5.92 Å². The van der Waals surface area contributed by atoms with Crippen molar-refractivity contribution in [2.45, 2.75) is 39.3 Å². The summed E-state index contributed by atoms with van der Waals surface area (Å²) in [7, 11) is 0. The quantitative estimate of drug-likeness (QED) is 0.609. The van der Waals surface area contributed by atoms with Gasteiger partial charge in [-0.2, -0.15) is 0 Å². The molecule has 0 aliphatic carbocycles. The third kappa shape index (κ3) is 5.60. The van der Waals surface area contributed by atoms with Gasteiger partial charge in [-0.15, -0.1) is 0 Å². The van der Waals surface area contributed by atoms with Crippen LogP contribution in [0.3, 0.4) is 0 Å². The van der Waals surface area contributed by atoms with Crippen LogP contribution in [0.2, 0.25) is 0 Å². The fourth-order valence-corrected chi connectivity index (χ4v) is 1.07. The van der Waals surface area contributed by atoms with Crippen molar-refractivity contribution in [3.63, 3.8) is 0 Å². The second kappa shape index (κ2) is 5.94. The highest BCUT2D eigenvalue weighted by Crippen LogP contribution is 2.07. The molecule has 0 rings (SSSR count). The third-order valence-electron chi connectivity index (χ3n) is 1.62. The fraction of sp³-hybridized carbons (Fsp3) is 0.889. The van der Waals surface area contributed by atoms with Crippen LogP contribution in [-0.2, 0) is 9.53 Å².